The normalized spacial score (nSPS) is 14.7. The molecule has 0 spiro atoms. The monoisotopic (exact) mass is 587 g/mol. The summed E-state index contributed by atoms with van der Waals surface area (Å²) in [5.74, 6) is -1.75. The van der Waals surface area contributed by atoms with E-state index in [1.54, 1.807) is 67.6 Å². The minimum atomic E-state index is -1.00. The molecule has 10 heteroatoms. The lowest BCUT2D eigenvalue weighted by atomic mass is 10.1. The van der Waals surface area contributed by atoms with Gasteiger partial charge in [-0.15, -0.1) is 0 Å². The van der Waals surface area contributed by atoms with Gasteiger partial charge in [0, 0.05) is 5.56 Å². The molecule has 216 valence electrons. The number of amides is 1. The van der Waals surface area contributed by atoms with Gasteiger partial charge in [0.1, 0.15) is 23.0 Å². The second-order valence-corrected chi connectivity index (χ2v) is 10.1. The number of esters is 1. The van der Waals surface area contributed by atoms with Gasteiger partial charge in [0.15, 0.2) is 11.5 Å². The molecule has 42 heavy (non-hydrogen) atoms. The standard InChI is InChI=1S/C32H29NO8S/c1-4-39-25-16-21(10-15-24(25)41-18-20-8-13-23(14-9-20)31(36)37)17-26-28(34)27(32(38)40-5-2)30(42-26)33-29(35)22-11-6-19(3)7-12-22/h6-17,34H,4-5,18H2,1-3H3,(H,36,37)/b26-17-,33-30?. The number of hydrogen-bond donors (Lipinski definition) is 2. The Morgan fingerprint density at radius 2 is 1.57 bits per heavy atom. The topological polar surface area (TPSA) is 132 Å². The molecular formula is C32H29NO8S. The van der Waals surface area contributed by atoms with Crippen LogP contribution in [-0.2, 0) is 16.1 Å². The minimum absolute atomic E-state index is 0.0432. The van der Waals surface area contributed by atoms with Crippen molar-refractivity contribution < 1.29 is 38.8 Å². The Morgan fingerprint density at radius 1 is 0.881 bits per heavy atom. The maximum absolute atomic E-state index is 12.8. The van der Waals surface area contributed by atoms with E-state index in [9.17, 15) is 19.5 Å². The summed E-state index contributed by atoms with van der Waals surface area (Å²) in [7, 11) is 0. The third-order valence-electron chi connectivity index (χ3n) is 6.03. The lowest BCUT2D eigenvalue weighted by Gasteiger charge is -2.13. The van der Waals surface area contributed by atoms with Crippen LogP contribution in [0.2, 0.25) is 0 Å². The fourth-order valence-corrected chi connectivity index (χ4v) is 4.92. The van der Waals surface area contributed by atoms with Gasteiger partial charge in [-0.3, -0.25) is 4.79 Å². The Bertz CT molecular complexity index is 1590. The average Bonchev–Trinajstić information content (AvgIpc) is 3.27. The van der Waals surface area contributed by atoms with Crippen molar-refractivity contribution in [2.24, 2.45) is 4.99 Å². The van der Waals surface area contributed by atoms with Crippen LogP contribution in [0.4, 0.5) is 0 Å². The molecule has 1 aliphatic rings. The predicted octanol–water partition coefficient (Wildman–Crippen LogP) is 6.37. The van der Waals surface area contributed by atoms with Gasteiger partial charge in [-0.2, -0.15) is 0 Å². The van der Waals surface area contributed by atoms with Gasteiger partial charge >= 0.3 is 11.9 Å². The molecule has 3 aromatic carbocycles. The predicted molar refractivity (Wildman–Crippen MR) is 160 cm³/mol. The Morgan fingerprint density at radius 3 is 2.21 bits per heavy atom. The van der Waals surface area contributed by atoms with E-state index < -0.39 is 17.8 Å². The number of carboxylic acids is 1. The van der Waals surface area contributed by atoms with Gasteiger partial charge in [-0.05, 0) is 74.4 Å². The largest absolute Gasteiger partial charge is 0.506 e. The van der Waals surface area contributed by atoms with E-state index in [1.165, 1.54) is 12.1 Å². The van der Waals surface area contributed by atoms with Gasteiger partial charge in [0.25, 0.3) is 5.91 Å². The zero-order valence-corrected chi connectivity index (χ0v) is 24.1. The average molecular weight is 588 g/mol. The highest BCUT2D eigenvalue weighted by Crippen LogP contribution is 2.40. The Hall–Kier alpha value is -4.83. The molecule has 0 aromatic heterocycles. The molecular weight excluding hydrogens is 558 g/mol. The summed E-state index contributed by atoms with van der Waals surface area (Å²) in [6.45, 7) is 6.03. The van der Waals surface area contributed by atoms with E-state index in [-0.39, 0.29) is 35.2 Å². The molecule has 0 unspecified atom stereocenters. The molecule has 9 nitrogen and oxygen atoms in total. The molecule has 0 radical (unpaired) electrons. The van der Waals surface area contributed by atoms with Crippen molar-refractivity contribution in [1.29, 1.82) is 0 Å². The molecule has 0 saturated heterocycles. The summed E-state index contributed by atoms with van der Waals surface area (Å²) in [6, 6.07) is 18.4. The van der Waals surface area contributed by atoms with Crippen molar-refractivity contribution in [3.05, 3.63) is 111 Å². The van der Waals surface area contributed by atoms with Crippen LogP contribution in [-0.4, -0.2) is 46.3 Å². The fourth-order valence-electron chi connectivity index (χ4n) is 3.90. The second-order valence-electron chi connectivity index (χ2n) is 9.07. The number of aliphatic hydroxyl groups is 1. The Balaban J connectivity index is 1.60. The maximum atomic E-state index is 12.8. The third kappa shape index (κ3) is 7.27. The SMILES string of the molecule is CCOC(=O)C1=C(O)/C(=C/c2ccc(OCc3ccc(C(=O)O)cc3)c(OCC)c2)SC1=NC(=O)c1ccc(C)cc1. The highest BCUT2D eigenvalue weighted by molar-refractivity contribution is 8.18. The first-order valence-corrected chi connectivity index (χ1v) is 13.9. The first-order chi connectivity index (χ1) is 20.2. The van der Waals surface area contributed by atoms with Crippen LogP contribution < -0.4 is 9.47 Å². The molecule has 0 fully saturated rings. The molecule has 0 aliphatic carbocycles. The first kappa shape index (κ1) is 30.1. The molecule has 0 saturated carbocycles. The van der Waals surface area contributed by atoms with Crippen molar-refractivity contribution >= 4 is 40.7 Å². The van der Waals surface area contributed by atoms with Gasteiger partial charge in [0.2, 0.25) is 0 Å². The highest BCUT2D eigenvalue weighted by Gasteiger charge is 2.34. The number of thioether (sulfide) groups is 1. The number of nitrogens with zero attached hydrogens (tertiary/aromatic N) is 1. The number of aliphatic hydroxyl groups excluding tert-OH is 1. The van der Waals surface area contributed by atoms with Crippen LogP contribution in [0.15, 0.2) is 88.0 Å². The van der Waals surface area contributed by atoms with Crippen LogP contribution in [0.25, 0.3) is 6.08 Å². The summed E-state index contributed by atoms with van der Waals surface area (Å²) < 4.78 is 16.8. The van der Waals surface area contributed by atoms with Crippen molar-refractivity contribution in [2.75, 3.05) is 13.2 Å². The van der Waals surface area contributed by atoms with Crippen molar-refractivity contribution in [3.63, 3.8) is 0 Å². The molecule has 1 amide bonds. The smallest absolute Gasteiger partial charge is 0.344 e. The third-order valence-corrected chi connectivity index (χ3v) is 7.05. The zero-order valence-electron chi connectivity index (χ0n) is 23.2. The molecule has 0 bridgehead atoms. The number of aryl methyl sites for hydroxylation is 1. The number of carbonyl (C=O) groups excluding carboxylic acids is 2. The Kier molecular flexibility index (Phi) is 9.82. The van der Waals surface area contributed by atoms with Gasteiger partial charge in [-0.25, -0.2) is 14.6 Å². The summed E-state index contributed by atoms with van der Waals surface area (Å²) in [5, 5.41) is 20.1. The van der Waals surface area contributed by atoms with Crippen LogP contribution >= 0.6 is 11.8 Å². The number of rotatable bonds is 10. The molecule has 1 aliphatic heterocycles. The van der Waals surface area contributed by atoms with Gasteiger partial charge in [0.05, 0.1) is 23.7 Å². The van der Waals surface area contributed by atoms with Crippen LogP contribution in [0.1, 0.15) is 51.3 Å². The summed E-state index contributed by atoms with van der Waals surface area (Å²) in [4.78, 5) is 41.1. The molecule has 4 rings (SSSR count). The van der Waals surface area contributed by atoms with E-state index in [4.69, 9.17) is 19.3 Å². The summed E-state index contributed by atoms with van der Waals surface area (Å²) in [5.41, 5.74) is 2.77. The number of carbonyl (C=O) groups is 3. The van der Waals surface area contributed by atoms with Crippen molar-refractivity contribution in [1.82, 2.24) is 0 Å². The first-order valence-electron chi connectivity index (χ1n) is 13.1. The molecule has 0 atom stereocenters. The van der Waals surface area contributed by atoms with Crippen LogP contribution in [0.5, 0.6) is 11.5 Å². The van der Waals surface area contributed by atoms with Crippen molar-refractivity contribution in [3.8, 4) is 11.5 Å². The summed E-state index contributed by atoms with van der Waals surface area (Å²) in [6.07, 6.45) is 1.65. The fraction of sp³-hybridized carbons (Fsp3) is 0.188. The Labute approximate surface area is 247 Å². The molecule has 3 aromatic rings. The quantitative estimate of drug-likeness (QED) is 0.260. The highest BCUT2D eigenvalue weighted by atomic mass is 32.2. The van der Waals surface area contributed by atoms with Crippen molar-refractivity contribution in [2.45, 2.75) is 27.4 Å². The summed E-state index contributed by atoms with van der Waals surface area (Å²) >= 11 is 0.988. The van der Waals surface area contributed by atoms with Gasteiger partial charge in [-0.1, -0.05) is 47.7 Å². The number of carboxylic acid groups (broad SMARTS) is 1. The van der Waals surface area contributed by atoms with E-state index in [0.29, 0.717) is 34.1 Å². The number of ether oxygens (including phenoxy) is 3. The number of hydrogen-bond acceptors (Lipinski definition) is 8. The van der Waals surface area contributed by atoms with Gasteiger partial charge < -0.3 is 24.4 Å². The number of benzene rings is 3. The minimum Gasteiger partial charge on any atom is -0.506 e. The lowest BCUT2D eigenvalue weighted by molar-refractivity contribution is -0.138. The van der Waals surface area contributed by atoms with E-state index >= 15 is 0 Å². The van der Waals surface area contributed by atoms with E-state index in [1.807, 2.05) is 13.8 Å². The number of aromatic carboxylic acids is 1. The molecule has 2 N–H and O–H groups in total. The maximum Gasteiger partial charge on any atom is 0.344 e. The number of aliphatic imine (C=N–C) groups is 1. The lowest BCUT2D eigenvalue weighted by Crippen LogP contribution is -2.14. The molecule has 1 heterocycles. The van der Waals surface area contributed by atoms with E-state index in [0.717, 1.165) is 22.9 Å². The zero-order chi connectivity index (χ0) is 30.2. The van der Waals surface area contributed by atoms with Crippen LogP contribution in [0, 0.1) is 6.92 Å². The van der Waals surface area contributed by atoms with E-state index in [2.05, 4.69) is 4.99 Å². The second kappa shape index (κ2) is 13.7. The van der Waals surface area contributed by atoms with Crippen LogP contribution in [0.3, 0.4) is 0 Å².